The van der Waals surface area contributed by atoms with E-state index in [1.54, 1.807) is 0 Å². The van der Waals surface area contributed by atoms with Gasteiger partial charge >= 0.3 is 5.69 Å². The maximum absolute atomic E-state index is 12.0. The van der Waals surface area contributed by atoms with Crippen LogP contribution in [0.2, 0.25) is 0 Å². The molecule has 9 heteroatoms. The molecule has 2 rings (SSSR count). The second kappa shape index (κ2) is 4.47. The Kier molecular flexibility index (Phi) is 3.49. The standard InChI is InChI=1S/C10H12N4O4.ClH/c1-12-7-4(6(15)5(11)9(12)17)8(16)14(3)10(18)13(7)2;/h15H,11H2,1-3H3;1H. The van der Waals surface area contributed by atoms with Gasteiger partial charge in [-0.05, 0) is 0 Å². The van der Waals surface area contributed by atoms with Crippen molar-refractivity contribution < 1.29 is 5.11 Å². The van der Waals surface area contributed by atoms with Crippen LogP contribution in [0.5, 0.6) is 5.75 Å². The van der Waals surface area contributed by atoms with Gasteiger partial charge < -0.3 is 10.8 Å². The highest BCUT2D eigenvalue weighted by Gasteiger charge is 2.19. The number of hydrogen-bond acceptors (Lipinski definition) is 5. The van der Waals surface area contributed by atoms with Gasteiger partial charge in [-0.3, -0.25) is 23.3 Å². The second-order valence-corrected chi connectivity index (χ2v) is 4.03. The smallest absolute Gasteiger partial charge is 0.332 e. The van der Waals surface area contributed by atoms with Gasteiger partial charge in [-0.1, -0.05) is 0 Å². The third-order valence-corrected chi connectivity index (χ3v) is 2.98. The summed E-state index contributed by atoms with van der Waals surface area (Å²) in [7, 11) is 4.06. The molecule has 3 N–H and O–H groups in total. The van der Waals surface area contributed by atoms with Gasteiger partial charge in [0, 0.05) is 21.1 Å². The summed E-state index contributed by atoms with van der Waals surface area (Å²) in [6, 6.07) is 0. The number of aromatic hydroxyl groups is 1. The molecule has 0 aromatic carbocycles. The molecule has 2 aromatic rings. The maximum atomic E-state index is 12.0. The van der Waals surface area contributed by atoms with Crippen LogP contribution in [0.15, 0.2) is 14.4 Å². The fourth-order valence-corrected chi connectivity index (χ4v) is 1.95. The zero-order chi connectivity index (χ0) is 13.8. The Morgan fingerprint density at radius 1 is 0.947 bits per heavy atom. The van der Waals surface area contributed by atoms with Crippen molar-refractivity contribution in [2.24, 2.45) is 21.1 Å². The van der Waals surface area contributed by atoms with Crippen molar-refractivity contribution in [2.45, 2.75) is 0 Å². The predicted octanol–water partition coefficient (Wildman–Crippen LogP) is -1.35. The number of anilines is 1. The number of nitrogen functional groups attached to an aromatic ring is 1. The molecular weight excluding hydrogens is 276 g/mol. The van der Waals surface area contributed by atoms with Crippen LogP contribution in [0.3, 0.4) is 0 Å². The van der Waals surface area contributed by atoms with Gasteiger partial charge in [0.25, 0.3) is 11.1 Å². The molecule has 2 aromatic heterocycles. The largest absolute Gasteiger partial charge is 0.505 e. The van der Waals surface area contributed by atoms with Gasteiger partial charge in [0.1, 0.15) is 16.7 Å². The summed E-state index contributed by atoms with van der Waals surface area (Å²) < 4.78 is 3.01. The lowest BCUT2D eigenvalue weighted by Crippen LogP contribution is -2.39. The Hall–Kier alpha value is -2.22. The van der Waals surface area contributed by atoms with E-state index in [0.717, 1.165) is 13.7 Å². The summed E-state index contributed by atoms with van der Waals surface area (Å²) >= 11 is 0. The number of fused-ring (bicyclic) bond motifs is 1. The Morgan fingerprint density at radius 2 is 1.47 bits per heavy atom. The van der Waals surface area contributed by atoms with E-state index in [1.807, 2.05) is 0 Å². The van der Waals surface area contributed by atoms with Crippen LogP contribution in [0.4, 0.5) is 5.69 Å². The fourth-order valence-electron chi connectivity index (χ4n) is 1.95. The van der Waals surface area contributed by atoms with Crippen LogP contribution in [0.25, 0.3) is 11.0 Å². The summed E-state index contributed by atoms with van der Waals surface area (Å²) in [5.41, 5.74) is 3.09. The number of aromatic nitrogens is 3. The quantitative estimate of drug-likeness (QED) is 0.622. The average molecular weight is 289 g/mol. The molecule has 0 saturated heterocycles. The molecule has 0 fully saturated rings. The highest BCUT2D eigenvalue weighted by molar-refractivity contribution is 5.86. The monoisotopic (exact) mass is 288 g/mol. The maximum Gasteiger partial charge on any atom is 0.332 e. The first-order valence-corrected chi connectivity index (χ1v) is 5.06. The molecule has 0 radical (unpaired) electrons. The van der Waals surface area contributed by atoms with Crippen LogP contribution in [-0.4, -0.2) is 18.8 Å². The number of nitrogens with zero attached hydrogens (tertiary/aromatic N) is 3. The number of pyridine rings is 1. The van der Waals surface area contributed by atoms with Gasteiger partial charge in [-0.25, -0.2) is 4.79 Å². The Balaban J connectivity index is 0.00000180. The van der Waals surface area contributed by atoms with E-state index >= 15 is 0 Å². The first-order valence-electron chi connectivity index (χ1n) is 5.06. The van der Waals surface area contributed by atoms with Crippen molar-refractivity contribution in [2.75, 3.05) is 5.73 Å². The second-order valence-electron chi connectivity index (χ2n) is 4.03. The minimum atomic E-state index is -0.701. The molecule has 2 heterocycles. The van der Waals surface area contributed by atoms with Gasteiger partial charge in [0.15, 0.2) is 5.75 Å². The molecule has 0 atom stereocenters. The Bertz CT molecular complexity index is 838. The van der Waals surface area contributed by atoms with E-state index in [0.29, 0.717) is 0 Å². The topological polar surface area (TPSA) is 112 Å². The summed E-state index contributed by atoms with van der Waals surface area (Å²) in [5, 5.41) is 9.66. The van der Waals surface area contributed by atoms with Crippen LogP contribution in [-0.2, 0) is 21.1 Å². The lowest BCUT2D eigenvalue weighted by Gasteiger charge is -2.13. The van der Waals surface area contributed by atoms with Gasteiger partial charge in [-0.2, -0.15) is 0 Å². The molecule has 0 aliphatic carbocycles. The number of halogens is 1. The predicted molar refractivity (Wildman–Crippen MR) is 73.0 cm³/mol. The molecule has 0 spiro atoms. The number of nitrogens with two attached hydrogens (primary N) is 1. The highest BCUT2D eigenvalue weighted by atomic mass is 35.5. The average Bonchev–Trinajstić information content (AvgIpc) is 2.35. The van der Waals surface area contributed by atoms with Gasteiger partial charge in [0.2, 0.25) is 0 Å². The Labute approximate surface area is 112 Å². The summed E-state index contributed by atoms with van der Waals surface area (Å²) in [4.78, 5) is 35.4. The highest BCUT2D eigenvalue weighted by Crippen LogP contribution is 2.22. The van der Waals surface area contributed by atoms with Crippen molar-refractivity contribution in [3.05, 3.63) is 31.2 Å². The van der Waals surface area contributed by atoms with Crippen molar-refractivity contribution in [1.29, 1.82) is 0 Å². The third-order valence-electron chi connectivity index (χ3n) is 2.98. The number of rotatable bonds is 0. The van der Waals surface area contributed by atoms with E-state index < -0.39 is 28.2 Å². The van der Waals surface area contributed by atoms with Crippen LogP contribution in [0.1, 0.15) is 0 Å². The van der Waals surface area contributed by atoms with Crippen LogP contribution >= 0.6 is 12.4 Å². The molecule has 8 nitrogen and oxygen atoms in total. The summed E-state index contributed by atoms with van der Waals surface area (Å²) in [6.07, 6.45) is 0. The van der Waals surface area contributed by atoms with E-state index in [9.17, 15) is 19.5 Å². The van der Waals surface area contributed by atoms with Gasteiger partial charge in [0.05, 0.1) is 0 Å². The lowest BCUT2D eigenvalue weighted by atomic mass is 10.2. The van der Waals surface area contributed by atoms with Crippen molar-refractivity contribution >= 4 is 29.1 Å². The van der Waals surface area contributed by atoms with E-state index in [2.05, 4.69) is 0 Å². The summed E-state index contributed by atoms with van der Waals surface area (Å²) in [6.45, 7) is 0. The van der Waals surface area contributed by atoms with Crippen molar-refractivity contribution in [1.82, 2.24) is 13.7 Å². The molecular formula is C10H13ClN4O4. The molecule has 19 heavy (non-hydrogen) atoms. The Morgan fingerprint density at radius 3 is 2.00 bits per heavy atom. The fraction of sp³-hybridized carbons (Fsp3) is 0.300. The number of aryl methyl sites for hydroxylation is 2. The lowest BCUT2D eigenvalue weighted by molar-refractivity contribution is 0.480. The molecule has 104 valence electrons. The van der Waals surface area contributed by atoms with E-state index in [-0.39, 0.29) is 23.4 Å². The molecule has 0 aliphatic heterocycles. The molecule has 0 amide bonds. The number of hydrogen-bond donors (Lipinski definition) is 2. The zero-order valence-electron chi connectivity index (χ0n) is 10.5. The molecule has 0 aliphatic rings. The van der Waals surface area contributed by atoms with E-state index in [4.69, 9.17) is 5.73 Å². The first-order chi connectivity index (χ1) is 8.29. The zero-order valence-corrected chi connectivity index (χ0v) is 11.3. The normalized spacial score (nSPS) is 10.5. The molecule has 0 bridgehead atoms. The first kappa shape index (κ1) is 14.8. The minimum absolute atomic E-state index is 0. The minimum Gasteiger partial charge on any atom is -0.505 e. The van der Waals surface area contributed by atoms with Gasteiger partial charge in [-0.15, -0.1) is 12.4 Å². The third kappa shape index (κ3) is 1.72. The van der Waals surface area contributed by atoms with Crippen LogP contribution < -0.4 is 22.5 Å². The van der Waals surface area contributed by atoms with Crippen molar-refractivity contribution in [3.8, 4) is 5.75 Å². The van der Waals surface area contributed by atoms with E-state index in [1.165, 1.54) is 21.1 Å². The molecule has 0 unspecified atom stereocenters. The SMILES string of the molecule is Cl.Cn1c(=O)c2c(O)c(N)c(=O)n(C)c2n(C)c1=O. The molecule has 0 saturated carbocycles. The van der Waals surface area contributed by atoms with Crippen LogP contribution in [0, 0.1) is 0 Å². The van der Waals surface area contributed by atoms with Crippen molar-refractivity contribution in [3.63, 3.8) is 0 Å². The summed E-state index contributed by atoms with van der Waals surface area (Å²) in [5.74, 6) is -0.593.